The molecule has 1 amide bonds. The number of para-hydroxylation sites is 2. The van der Waals surface area contributed by atoms with Gasteiger partial charge in [-0.3, -0.25) is 15.6 Å². The van der Waals surface area contributed by atoms with Gasteiger partial charge in [-0.25, -0.2) is 4.98 Å². The first-order chi connectivity index (χ1) is 14.5. The Hall–Kier alpha value is -3.43. The third-order valence-electron chi connectivity index (χ3n) is 3.70. The van der Waals surface area contributed by atoms with Gasteiger partial charge in [0.2, 0.25) is 5.88 Å². The molecule has 1 heterocycles. The van der Waals surface area contributed by atoms with Gasteiger partial charge in [0.15, 0.2) is 23.9 Å². The number of methoxy groups -OCH3 is 1. The van der Waals surface area contributed by atoms with E-state index in [4.69, 9.17) is 43.1 Å². The maximum absolute atomic E-state index is 12.0. The van der Waals surface area contributed by atoms with Gasteiger partial charge in [-0.05, 0) is 30.3 Å². The second kappa shape index (κ2) is 9.86. The van der Waals surface area contributed by atoms with Gasteiger partial charge in [0.1, 0.15) is 17.8 Å². The summed E-state index contributed by atoms with van der Waals surface area (Å²) < 4.78 is 16.3. The van der Waals surface area contributed by atoms with Gasteiger partial charge in [0.05, 0.1) is 12.1 Å². The van der Waals surface area contributed by atoms with Crippen LogP contribution in [0.1, 0.15) is 0 Å². The molecule has 3 rings (SSSR count). The van der Waals surface area contributed by atoms with E-state index in [-0.39, 0.29) is 24.0 Å². The van der Waals surface area contributed by atoms with Gasteiger partial charge < -0.3 is 19.9 Å². The number of benzene rings is 2. The molecule has 2 aromatic carbocycles. The Morgan fingerprint density at radius 1 is 1.10 bits per heavy atom. The van der Waals surface area contributed by atoms with Crippen molar-refractivity contribution in [1.82, 2.24) is 15.4 Å². The topological polar surface area (TPSA) is 121 Å². The van der Waals surface area contributed by atoms with Crippen LogP contribution in [0.4, 0.5) is 11.5 Å². The summed E-state index contributed by atoms with van der Waals surface area (Å²) in [4.78, 5) is 20.0. The second-order valence-electron chi connectivity index (χ2n) is 5.73. The molecule has 1 aromatic heterocycles. The molecule has 11 heteroatoms. The highest BCUT2D eigenvalue weighted by molar-refractivity contribution is 6.35. The standard InChI is InChI=1S/C19H17Cl2N5O4/c1-28-14-4-2-3-5-15(14)30-19-17(22)18(23-10-24-19)26-25-16(27)9-29-13-7-6-11(20)8-12(13)21/h2-8,10H,9,22H2,1H3,(H,25,27)(H,23,24,26). The van der Waals surface area contributed by atoms with Gasteiger partial charge in [0.25, 0.3) is 5.91 Å². The van der Waals surface area contributed by atoms with Crippen molar-refractivity contribution in [3.05, 3.63) is 58.8 Å². The number of carbonyl (C=O) groups excluding carboxylic acids is 1. The summed E-state index contributed by atoms with van der Waals surface area (Å²) >= 11 is 11.8. The number of nitrogens with zero attached hydrogens (tertiary/aromatic N) is 2. The molecule has 0 radical (unpaired) electrons. The molecule has 0 saturated carbocycles. The number of nitrogens with one attached hydrogen (secondary N) is 2. The summed E-state index contributed by atoms with van der Waals surface area (Å²) in [6, 6.07) is 11.7. The molecule has 30 heavy (non-hydrogen) atoms. The Kier molecular flexibility index (Phi) is 6.99. The number of hydrazine groups is 1. The van der Waals surface area contributed by atoms with Crippen LogP contribution in [0.3, 0.4) is 0 Å². The third kappa shape index (κ3) is 5.34. The fourth-order valence-corrected chi connectivity index (χ4v) is 2.73. The first kappa shape index (κ1) is 21.3. The largest absolute Gasteiger partial charge is 0.493 e. The zero-order valence-corrected chi connectivity index (χ0v) is 17.2. The molecule has 0 bridgehead atoms. The number of ether oxygens (including phenoxy) is 3. The number of anilines is 2. The van der Waals surface area contributed by atoms with E-state index < -0.39 is 5.91 Å². The van der Waals surface area contributed by atoms with Crippen molar-refractivity contribution in [2.75, 3.05) is 24.9 Å². The lowest BCUT2D eigenvalue weighted by atomic mass is 10.3. The molecule has 0 aliphatic heterocycles. The van der Waals surface area contributed by atoms with Crippen LogP contribution in [0, 0.1) is 0 Å². The van der Waals surface area contributed by atoms with Gasteiger partial charge in [-0.2, -0.15) is 4.98 Å². The summed E-state index contributed by atoms with van der Waals surface area (Å²) in [6.45, 7) is -0.302. The third-order valence-corrected chi connectivity index (χ3v) is 4.23. The van der Waals surface area contributed by atoms with E-state index in [9.17, 15) is 4.79 Å². The second-order valence-corrected chi connectivity index (χ2v) is 6.57. The van der Waals surface area contributed by atoms with Crippen molar-refractivity contribution >= 4 is 40.6 Å². The summed E-state index contributed by atoms with van der Waals surface area (Å²) in [6.07, 6.45) is 1.24. The summed E-state index contributed by atoms with van der Waals surface area (Å²) in [5, 5.41) is 0.755. The van der Waals surface area contributed by atoms with Crippen LogP contribution in [-0.4, -0.2) is 29.6 Å². The number of rotatable bonds is 8. The highest BCUT2D eigenvalue weighted by Crippen LogP contribution is 2.34. The number of hydrogen-bond acceptors (Lipinski definition) is 8. The average Bonchev–Trinajstić information content (AvgIpc) is 2.74. The van der Waals surface area contributed by atoms with Crippen LogP contribution in [0.15, 0.2) is 48.8 Å². The maximum atomic E-state index is 12.0. The zero-order valence-electron chi connectivity index (χ0n) is 15.7. The number of halogens is 2. The van der Waals surface area contributed by atoms with E-state index in [1.807, 2.05) is 0 Å². The molecule has 0 spiro atoms. The molecule has 0 fully saturated rings. The monoisotopic (exact) mass is 449 g/mol. The van der Waals surface area contributed by atoms with Crippen molar-refractivity contribution in [2.45, 2.75) is 0 Å². The minimum absolute atomic E-state index is 0.0883. The molecule has 156 valence electrons. The average molecular weight is 450 g/mol. The van der Waals surface area contributed by atoms with E-state index in [0.717, 1.165) is 0 Å². The van der Waals surface area contributed by atoms with Gasteiger partial charge in [-0.15, -0.1) is 0 Å². The zero-order chi connectivity index (χ0) is 21.5. The van der Waals surface area contributed by atoms with E-state index in [2.05, 4.69) is 20.8 Å². The molecule has 3 aromatic rings. The maximum Gasteiger partial charge on any atom is 0.276 e. The number of nitrogens with two attached hydrogens (primary N) is 1. The molecule has 0 aliphatic carbocycles. The van der Waals surface area contributed by atoms with Crippen LogP contribution in [0.25, 0.3) is 0 Å². The van der Waals surface area contributed by atoms with Crippen molar-refractivity contribution in [2.24, 2.45) is 0 Å². The van der Waals surface area contributed by atoms with E-state index >= 15 is 0 Å². The van der Waals surface area contributed by atoms with E-state index in [1.165, 1.54) is 19.5 Å². The van der Waals surface area contributed by atoms with E-state index in [0.29, 0.717) is 27.3 Å². The smallest absolute Gasteiger partial charge is 0.276 e. The fourth-order valence-electron chi connectivity index (χ4n) is 2.27. The molecule has 0 atom stereocenters. The lowest BCUT2D eigenvalue weighted by Crippen LogP contribution is -2.34. The molecular formula is C19H17Cl2N5O4. The highest BCUT2D eigenvalue weighted by atomic mass is 35.5. The Morgan fingerprint density at radius 3 is 2.60 bits per heavy atom. The van der Waals surface area contributed by atoms with Crippen molar-refractivity contribution in [3.8, 4) is 23.1 Å². The summed E-state index contributed by atoms with van der Waals surface area (Å²) in [5.41, 5.74) is 11.2. The first-order valence-electron chi connectivity index (χ1n) is 8.52. The molecule has 0 aliphatic rings. The van der Waals surface area contributed by atoms with Crippen molar-refractivity contribution in [3.63, 3.8) is 0 Å². The Labute approximate surface area is 182 Å². The molecule has 4 N–H and O–H groups in total. The molecule has 0 saturated heterocycles. The number of amides is 1. The number of hydrogen-bond donors (Lipinski definition) is 3. The van der Waals surface area contributed by atoms with Crippen LogP contribution in [0.5, 0.6) is 23.1 Å². The molecule has 9 nitrogen and oxygen atoms in total. The van der Waals surface area contributed by atoms with Crippen molar-refractivity contribution in [1.29, 1.82) is 0 Å². The van der Waals surface area contributed by atoms with Gasteiger partial charge in [0, 0.05) is 5.02 Å². The predicted octanol–water partition coefficient (Wildman–Crippen LogP) is 3.69. The Balaban J connectivity index is 1.60. The van der Waals surface area contributed by atoms with Gasteiger partial charge in [-0.1, -0.05) is 35.3 Å². The van der Waals surface area contributed by atoms with Crippen LogP contribution in [0.2, 0.25) is 10.0 Å². The van der Waals surface area contributed by atoms with Gasteiger partial charge >= 0.3 is 0 Å². The number of carbonyl (C=O) groups is 1. The van der Waals surface area contributed by atoms with E-state index in [1.54, 1.807) is 36.4 Å². The minimum Gasteiger partial charge on any atom is -0.493 e. The predicted molar refractivity (Wildman–Crippen MR) is 113 cm³/mol. The number of aromatic nitrogens is 2. The molecular weight excluding hydrogens is 433 g/mol. The summed E-state index contributed by atoms with van der Waals surface area (Å²) in [5.74, 6) is 1.00. The highest BCUT2D eigenvalue weighted by Gasteiger charge is 2.14. The minimum atomic E-state index is -0.494. The molecule has 0 unspecified atom stereocenters. The first-order valence-corrected chi connectivity index (χ1v) is 9.27. The lowest BCUT2D eigenvalue weighted by Gasteiger charge is -2.14. The van der Waals surface area contributed by atoms with Crippen molar-refractivity contribution < 1.29 is 19.0 Å². The van der Waals surface area contributed by atoms with Crippen LogP contribution >= 0.6 is 23.2 Å². The Bertz CT molecular complexity index is 1050. The summed E-state index contributed by atoms with van der Waals surface area (Å²) in [7, 11) is 1.52. The number of nitrogen functional groups attached to an aromatic ring is 1. The van der Waals surface area contributed by atoms with Crippen LogP contribution in [-0.2, 0) is 4.79 Å². The quantitative estimate of drug-likeness (QED) is 0.445. The van der Waals surface area contributed by atoms with Crippen LogP contribution < -0.4 is 30.8 Å². The lowest BCUT2D eigenvalue weighted by molar-refractivity contribution is -0.122. The SMILES string of the molecule is COc1ccccc1Oc1ncnc(NNC(=O)COc2ccc(Cl)cc2Cl)c1N. The fraction of sp³-hybridized carbons (Fsp3) is 0.105. The Morgan fingerprint density at radius 2 is 1.87 bits per heavy atom. The normalized spacial score (nSPS) is 10.2.